The van der Waals surface area contributed by atoms with Crippen LogP contribution in [0.5, 0.6) is 0 Å². The molecule has 0 bridgehead atoms. The molecule has 5 heteroatoms. The number of hydrogen-bond donors (Lipinski definition) is 2. The van der Waals surface area contributed by atoms with Crippen LogP contribution in [0.3, 0.4) is 0 Å². The molecular formula is C19H32N4O. The number of rotatable bonds is 9. The number of aliphatic imine (C=N–C) groups is 1. The number of unbranched alkanes of at least 4 members (excludes halogenated alkanes) is 2. The Morgan fingerprint density at radius 2 is 2.08 bits per heavy atom. The number of nitrogens with zero attached hydrogens (tertiary/aromatic N) is 2. The average molecular weight is 332 g/mol. The van der Waals surface area contributed by atoms with Gasteiger partial charge in [0.2, 0.25) is 0 Å². The standard InChI is InChI=1S/C19H32N4O/c1-3-20-19(21-13-8-5-9-15-24-2)22-17-12-14-23(16-17)18-10-6-4-7-11-18/h4,6-7,10-11,17H,3,5,8-9,12-16H2,1-2H3,(H2,20,21,22). The van der Waals surface area contributed by atoms with Gasteiger partial charge in [0.1, 0.15) is 0 Å². The van der Waals surface area contributed by atoms with Crippen molar-refractivity contribution in [1.29, 1.82) is 0 Å². The van der Waals surface area contributed by atoms with Gasteiger partial charge in [-0.1, -0.05) is 18.2 Å². The SMILES string of the molecule is CCNC(=NCCCCCOC)NC1CCN(c2ccccc2)C1. The lowest BCUT2D eigenvalue weighted by atomic mass is 10.2. The largest absolute Gasteiger partial charge is 0.385 e. The van der Waals surface area contributed by atoms with E-state index in [-0.39, 0.29) is 0 Å². The Hall–Kier alpha value is -1.75. The first-order valence-electron chi connectivity index (χ1n) is 9.17. The van der Waals surface area contributed by atoms with E-state index in [1.165, 1.54) is 12.1 Å². The van der Waals surface area contributed by atoms with Gasteiger partial charge < -0.3 is 20.3 Å². The normalized spacial score (nSPS) is 18.0. The van der Waals surface area contributed by atoms with Crippen LogP contribution in [0.25, 0.3) is 0 Å². The molecule has 1 aromatic rings. The number of methoxy groups -OCH3 is 1. The van der Waals surface area contributed by atoms with E-state index in [4.69, 9.17) is 9.73 Å². The van der Waals surface area contributed by atoms with Crippen LogP contribution in [-0.4, -0.2) is 51.9 Å². The lowest BCUT2D eigenvalue weighted by Crippen LogP contribution is -2.44. The number of anilines is 1. The highest BCUT2D eigenvalue weighted by Crippen LogP contribution is 2.19. The lowest BCUT2D eigenvalue weighted by molar-refractivity contribution is 0.192. The Kier molecular flexibility index (Phi) is 8.46. The fourth-order valence-electron chi connectivity index (χ4n) is 2.99. The number of hydrogen-bond acceptors (Lipinski definition) is 3. The third-order valence-corrected chi connectivity index (χ3v) is 4.27. The van der Waals surface area contributed by atoms with E-state index < -0.39 is 0 Å². The molecule has 2 rings (SSSR count). The lowest BCUT2D eigenvalue weighted by Gasteiger charge is -2.20. The third kappa shape index (κ3) is 6.40. The van der Waals surface area contributed by atoms with Crippen molar-refractivity contribution < 1.29 is 4.74 Å². The Labute approximate surface area is 146 Å². The van der Waals surface area contributed by atoms with E-state index in [0.29, 0.717) is 6.04 Å². The highest BCUT2D eigenvalue weighted by molar-refractivity contribution is 5.80. The van der Waals surface area contributed by atoms with E-state index in [9.17, 15) is 0 Å². The van der Waals surface area contributed by atoms with E-state index in [1.807, 2.05) is 0 Å². The van der Waals surface area contributed by atoms with Gasteiger partial charge in [-0.3, -0.25) is 4.99 Å². The predicted molar refractivity (Wildman–Crippen MR) is 102 cm³/mol. The maximum absolute atomic E-state index is 5.08. The van der Waals surface area contributed by atoms with E-state index >= 15 is 0 Å². The summed E-state index contributed by atoms with van der Waals surface area (Å²) in [4.78, 5) is 7.14. The number of para-hydroxylation sites is 1. The zero-order valence-electron chi connectivity index (χ0n) is 15.1. The molecule has 0 aromatic heterocycles. The number of ether oxygens (including phenoxy) is 1. The van der Waals surface area contributed by atoms with Gasteiger partial charge in [-0.2, -0.15) is 0 Å². The average Bonchev–Trinajstić information content (AvgIpc) is 3.07. The summed E-state index contributed by atoms with van der Waals surface area (Å²) in [5.41, 5.74) is 1.31. The number of guanidine groups is 1. The van der Waals surface area contributed by atoms with E-state index in [2.05, 4.69) is 52.8 Å². The molecule has 1 aliphatic rings. The summed E-state index contributed by atoms with van der Waals surface area (Å²) in [6, 6.07) is 11.1. The molecule has 0 spiro atoms. The van der Waals surface area contributed by atoms with Crippen molar-refractivity contribution in [1.82, 2.24) is 10.6 Å². The second kappa shape index (κ2) is 10.9. The highest BCUT2D eigenvalue weighted by atomic mass is 16.5. The maximum Gasteiger partial charge on any atom is 0.191 e. The summed E-state index contributed by atoms with van der Waals surface area (Å²) >= 11 is 0. The summed E-state index contributed by atoms with van der Waals surface area (Å²) in [5, 5.41) is 6.95. The molecule has 5 nitrogen and oxygen atoms in total. The molecule has 134 valence electrons. The molecule has 0 aliphatic carbocycles. The van der Waals surface area contributed by atoms with Crippen molar-refractivity contribution in [2.24, 2.45) is 4.99 Å². The maximum atomic E-state index is 5.08. The van der Waals surface area contributed by atoms with Crippen molar-refractivity contribution in [2.75, 3.05) is 44.8 Å². The molecule has 1 saturated heterocycles. The Bertz CT molecular complexity index is 478. The van der Waals surface area contributed by atoms with Gasteiger partial charge in [-0.15, -0.1) is 0 Å². The summed E-state index contributed by atoms with van der Waals surface area (Å²) in [7, 11) is 1.76. The van der Waals surface area contributed by atoms with Crippen molar-refractivity contribution in [3.05, 3.63) is 30.3 Å². The fraction of sp³-hybridized carbons (Fsp3) is 0.632. The zero-order chi connectivity index (χ0) is 17.0. The summed E-state index contributed by atoms with van der Waals surface area (Å²) in [6.45, 7) is 6.85. The first-order chi connectivity index (χ1) is 11.8. The number of benzene rings is 1. The smallest absolute Gasteiger partial charge is 0.191 e. The monoisotopic (exact) mass is 332 g/mol. The molecule has 24 heavy (non-hydrogen) atoms. The highest BCUT2D eigenvalue weighted by Gasteiger charge is 2.23. The van der Waals surface area contributed by atoms with Gasteiger partial charge in [0.25, 0.3) is 0 Å². The van der Waals surface area contributed by atoms with Gasteiger partial charge in [0.05, 0.1) is 0 Å². The Morgan fingerprint density at radius 3 is 2.83 bits per heavy atom. The van der Waals surface area contributed by atoms with E-state index in [0.717, 1.165) is 58.0 Å². The van der Waals surface area contributed by atoms with Gasteiger partial charge in [-0.25, -0.2) is 0 Å². The molecular weight excluding hydrogens is 300 g/mol. The van der Waals surface area contributed by atoms with Crippen LogP contribution in [0, 0.1) is 0 Å². The molecule has 1 atom stereocenters. The van der Waals surface area contributed by atoms with Gasteiger partial charge >= 0.3 is 0 Å². The van der Waals surface area contributed by atoms with Gasteiger partial charge in [0, 0.05) is 51.6 Å². The summed E-state index contributed by atoms with van der Waals surface area (Å²) in [5.74, 6) is 0.948. The molecule has 0 radical (unpaired) electrons. The van der Waals surface area contributed by atoms with Crippen molar-refractivity contribution in [3.8, 4) is 0 Å². The predicted octanol–water partition coefficient (Wildman–Crippen LogP) is 2.64. The Morgan fingerprint density at radius 1 is 1.25 bits per heavy atom. The molecule has 1 fully saturated rings. The number of nitrogens with one attached hydrogen (secondary N) is 2. The fourth-order valence-corrected chi connectivity index (χ4v) is 2.99. The van der Waals surface area contributed by atoms with Crippen LogP contribution in [0.2, 0.25) is 0 Å². The second-order valence-electron chi connectivity index (χ2n) is 6.23. The van der Waals surface area contributed by atoms with Gasteiger partial charge in [-0.05, 0) is 44.7 Å². The molecule has 1 aromatic carbocycles. The minimum absolute atomic E-state index is 0.455. The topological polar surface area (TPSA) is 48.9 Å². The minimum Gasteiger partial charge on any atom is -0.385 e. The molecule has 0 amide bonds. The molecule has 2 N–H and O–H groups in total. The summed E-state index contributed by atoms with van der Waals surface area (Å²) < 4.78 is 5.08. The third-order valence-electron chi connectivity index (χ3n) is 4.27. The minimum atomic E-state index is 0.455. The van der Waals surface area contributed by atoms with Crippen LogP contribution in [0.1, 0.15) is 32.6 Å². The molecule has 1 heterocycles. The van der Waals surface area contributed by atoms with Gasteiger partial charge in [0.15, 0.2) is 5.96 Å². The quantitative estimate of drug-likeness (QED) is 0.415. The zero-order valence-corrected chi connectivity index (χ0v) is 15.1. The summed E-state index contributed by atoms with van der Waals surface area (Å²) in [6.07, 6.45) is 4.54. The van der Waals surface area contributed by atoms with Crippen molar-refractivity contribution in [3.63, 3.8) is 0 Å². The van der Waals surface area contributed by atoms with Crippen LogP contribution >= 0.6 is 0 Å². The molecule has 0 saturated carbocycles. The molecule has 1 aliphatic heterocycles. The Balaban J connectivity index is 1.76. The first-order valence-corrected chi connectivity index (χ1v) is 9.17. The van der Waals surface area contributed by atoms with Crippen molar-refractivity contribution >= 4 is 11.6 Å². The van der Waals surface area contributed by atoms with E-state index in [1.54, 1.807) is 7.11 Å². The first kappa shape index (κ1) is 18.6. The second-order valence-corrected chi connectivity index (χ2v) is 6.23. The molecule has 1 unspecified atom stereocenters. The van der Waals surface area contributed by atoms with Crippen molar-refractivity contribution in [2.45, 2.75) is 38.6 Å². The van der Waals surface area contributed by atoms with Crippen LogP contribution in [-0.2, 0) is 4.74 Å². The van der Waals surface area contributed by atoms with Crippen LogP contribution < -0.4 is 15.5 Å². The van der Waals surface area contributed by atoms with Crippen LogP contribution in [0.4, 0.5) is 5.69 Å². The van der Waals surface area contributed by atoms with Crippen LogP contribution in [0.15, 0.2) is 35.3 Å².